The maximum absolute atomic E-state index is 5.39. The van der Waals surface area contributed by atoms with Crippen LogP contribution < -0.4 is 9.47 Å². The Morgan fingerprint density at radius 2 is 1.77 bits per heavy atom. The number of hydrogen-bond acceptors (Lipinski definition) is 2. The van der Waals surface area contributed by atoms with Crippen LogP contribution in [0.25, 0.3) is 0 Å². The third-order valence-electron chi connectivity index (χ3n) is 1.52. The fourth-order valence-corrected chi connectivity index (χ4v) is 1.01. The van der Waals surface area contributed by atoms with Crippen LogP contribution in [0, 0.1) is 0 Å². The highest BCUT2D eigenvalue weighted by molar-refractivity contribution is 6.08. The molecule has 3 heteroatoms. The highest BCUT2D eigenvalue weighted by Crippen LogP contribution is 2.26. The smallest absolute Gasteiger partial charge is 0.161 e. The van der Waals surface area contributed by atoms with Gasteiger partial charge in [-0.25, -0.2) is 0 Å². The molecule has 0 N–H and O–H groups in total. The standard InChI is InChI=1S/C10H13BO2/c1-2-12-9-5-3-4-6-10(9)13-8-7-11/h3-6H,2,7-8H2,1H3. The third-order valence-corrected chi connectivity index (χ3v) is 1.52. The summed E-state index contributed by atoms with van der Waals surface area (Å²) in [6, 6.07) is 7.59. The Hall–Kier alpha value is -1.12. The average molecular weight is 176 g/mol. The van der Waals surface area contributed by atoms with Crippen LogP contribution in [0.2, 0.25) is 6.32 Å². The number of para-hydroxylation sites is 2. The van der Waals surface area contributed by atoms with Crippen molar-refractivity contribution in [1.82, 2.24) is 0 Å². The van der Waals surface area contributed by atoms with Gasteiger partial charge in [0.25, 0.3) is 0 Å². The fourth-order valence-electron chi connectivity index (χ4n) is 1.01. The van der Waals surface area contributed by atoms with Crippen LogP contribution >= 0.6 is 0 Å². The maximum Gasteiger partial charge on any atom is 0.161 e. The van der Waals surface area contributed by atoms with Crippen molar-refractivity contribution in [3.63, 3.8) is 0 Å². The number of benzene rings is 1. The summed E-state index contributed by atoms with van der Waals surface area (Å²) in [5, 5.41) is 0. The molecule has 0 atom stereocenters. The second-order valence-corrected chi connectivity index (χ2v) is 2.52. The summed E-state index contributed by atoms with van der Waals surface area (Å²) in [7, 11) is 5.33. The Bertz CT molecular complexity index is 250. The Balaban J connectivity index is 2.66. The molecule has 0 spiro atoms. The molecule has 0 fully saturated rings. The Morgan fingerprint density at radius 1 is 1.15 bits per heavy atom. The molecule has 2 radical (unpaired) electrons. The van der Waals surface area contributed by atoms with Gasteiger partial charge in [0.2, 0.25) is 0 Å². The van der Waals surface area contributed by atoms with Crippen molar-refractivity contribution in [3.8, 4) is 11.5 Å². The minimum Gasteiger partial charge on any atom is -0.490 e. The van der Waals surface area contributed by atoms with E-state index in [1.807, 2.05) is 31.2 Å². The first-order valence-electron chi connectivity index (χ1n) is 4.43. The van der Waals surface area contributed by atoms with Crippen LogP contribution in [-0.4, -0.2) is 21.1 Å². The summed E-state index contributed by atoms with van der Waals surface area (Å²) in [4.78, 5) is 0. The van der Waals surface area contributed by atoms with Crippen molar-refractivity contribution in [2.45, 2.75) is 13.2 Å². The molecule has 1 aromatic carbocycles. The first-order chi connectivity index (χ1) is 6.38. The Morgan fingerprint density at radius 3 is 2.31 bits per heavy atom. The van der Waals surface area contributed by atoms with Crippen molar-refractivity contribution in [3.05, 3.63) is 24.3 Å². The molecule has 0 heterocycles. The summed E-state index contributed by atoms with van der Waals surface area (Å²) >= 11 is 0. The van der Waals surface area contributed by atoms with E-state index in [0.717, 1.165) is 11.5 Å². The fraction of sp³-hybridized carbons (Fsp3) is 0.400. The van der Waals surface area contributed by atoms with Gasteiger partial charge >= 0.3 is 0 Å². The normalized spacial score (nSPS) is 9.62. The topological polar surface area (TPSA) is 18.5 Å². The first kappa shape index (κ1) is 9.97. The highest BCUT2D eigenvalue weighted by Gasteiger charge is 2.01. The van der Waals surface area contributed by atoms with E-state index < -0.39 is 0 Å². The van der Waals surface area contributed by atoms with Crippen molar-refractivity contribution in [1.29, 1.82) is 0 Å². The Kier molecular flexibility index (Phi) is 4.23. The lowest BCUT2D eigenvalue weighted by Gasteiger charge is -2.10. The van der Waals surface area contributed by atoms with Crippen LogP contribution in [0.1, 0.15) is 6.92 Å². The lowest BCUT2D eigenvalue weighted by molar-refractivity contribution is 0.288. The monoisotopic (exact) mass is 176 g/mol. The quantitative estimate of drug-likeness (QED) is 0.639. The van der Waals surface area contributed by atoms with Gasteiger partial charge in [-0.15, -0.1) is 0 Å². The molecule has 68 valence electrons. The molecule has 0 saturated carbocycles. The van der Waals surface area contributed by atoms with Gasteiger partial charge in [-0.1, -0.05) is 18.5 Å². The summed E-state index contributed by atoms with van der Waals surface area (Å²) in [5.74, 6) is 1.54. The molecule has 0 aliphatic heterocycles. The second kappa shape index (κ2) is 5.52. The first-order valence-corrected chi connectivity index (χ1v) is 4.43. The predicted octanol–water partition coefficient (Wildman–Crippen LogP) is 2.05. The average Bonchev–Trinajstić information content (AvgIpc) is 2.17. The van der Waals surface area contributed by atoms with E-state index in [1.54, 1.807) is 0 Å². The Labute approximate surface area is 80.3 Å². The second-order valence-electron chi connectivity index (χ2n) is 2.52. The minimum atomic E-state index is 0.514. The zero-order valence-electron chi connectivity index (χ0n) is 7.82. The van der Waals surface area contributed by atoms with Gasteiger partial charge in [-0.05, 0) is 19.1 Å². The molecule has 0 aliphatic carbocycles. The predicted molar refractivity (Wildman–Crippen MR) is 53.7 cm³/mol. The molecule has 0 unspecified atom stereocenters. The summed E-state index contributed by atoms with van der Waals surface area (Å²) in [6.07, 6.45) is 0.514. The highest BCUT2D eigenvalue weighted by atomic mass is 16.5. The van der Waals surface area contributed by atoms with E-state index in [2.05, 4.69) is 0 Å². The number of hydrogen-bond donors (Lipinski definition) is 0. The van der Waals surface area contributed by atoms with Crippen molar-refractivity contribution in [2.24, 2.45) is 0 Å². The van der Waals surface area contributed by atoms with E-state index in [-0.39, 0.29) is 0 Å². The van der Waals surface area contributed by atoms with Crippen LogP contribution in [-0.2, 0) is 0 Å². The summed E-state index contributed by atoms with van der Waals surface area (Å²) in [6.45, 7) is 3.10. The van der Waals surface area contributed by atoms with Gasteiger partial charge in [0, 0.05) is 0 Å². The molecular weight excluding hydrogens is 163 g/mol. The van der Waals surface area contributed by atoms with Crippen LogP contribution in [0.4, 0.5) is 0 Å². The van der Waals surface area contributed by atoms with Crippen LogP contribution in [0.15, 0.2) is 24.3 Å². The van der Waals surface area contributed by atoms with Gasteiger partial charge in [0.1, 0.15) is 0 Å². The lowest BCUT2D eigenvalue weighted by Crippen LogP contribution is -1.99. The van der Waals surface area contributed by atoms with E-state index in [0.29, 0.717) is 19.5 Å². The maximum atomic E-state index is 5.39. The molecule has 13 heavy (non-hydrogen) atoms. The van der Waals surface area contributed by atoms with Crippen molar-refractivity contribution < 1.29 is 9.47 Å². The summed E-state index contributed by atoms with van der Waals surface area (Å²) in [5.41, 5.74) is 0. The van der Waals surface area contributed by atoms with Crippen LogP contribution in [0.3, 0.4) is 0 Å². The number of ether oxygens (including phenoxy) is 2. The lowest BCUT2D eigenvalue weighted by atomic mass is 10.1. The molecule has 0 bridgehead atoms. The van der Waals surface area contributed by atoms with Crippen molar-refractivity contribution >= 4 is 7.85 Å². The molecule has 0 aromatic heterocycles. The van der Waals surface area contributed by atoms with Gasteiger partial charge in [0.05, 0.1) is 21.1 Å². The van der Waals surface area contributed by atoms with E-state index >= 15 is 0 Å². The van der Waals surface area contributed by atoms with Gasteiger partial charge in [0.15, 0.2) is 11.5 Å². The molecule has 2 nitrogen and oxygen atoms in total. The molecule has 0 aliphatic rings. The van der Waals surface area contributed by atoms with E-state index in [1.165, 1.54) is 0 Å². The molecule has 1 rings (SSSR count). The molecular formula is C10H13BO2. The van der Waals surface area contributed by atoms with Gasteiger partial charge in [-0.2, -0.15) is 0 Å². The molecule has 0 amide bonds. The zero-order valence-corrected chi connectivity index (χ0v) is 7.82. The molecule has 1 aromatic rings. The SMILES string of the molecule is [B]CCOc1ccccc1OCC. The summed E-state index contributed by atoms with van der Waals surface area (Å²) < 4.78 is 10.8. The number of rotatable bonds is 5. The van der Waals surface area contributed by atoms with E-state index in [4.69, 9.17) is 17.3 Å². The van der Waals surface area contributed by atoms with Gasteiger partial charge in [-0.3, -0.25) is 0 Å². The van der Waals surface area contributed by atoms with Crippen LogP contribution in [0.5, 0.6) is 11.5 Å². The van der Waals surface area contributed by atoms with Crippen molar-refractivity contribution in [2.75, 3.05) is 13.2 Å². The molecule has 0 saturated heterocycles. The third kappa shape index (κ3) is 3.01. The zero-order chi connectivity index (χ0) is 9.52. The largest absolute Gasteiger partial charge is 0.490 e. The minimum absolute atomic E-state index is 0.514. The van der Waals surface area contributed by atoms with E-state index in [9.17, 15) is 0 Å². The van der Waals surface area contributed by atoms with Gasteiger partial charge < -0.3 is 9.47 Å².